The van der Waals surface area contributed by atoms with Gasteiger partial charge >= 0.3 is 123 Å². The van der Waals surface area contributed by atoms with E-state index in [4.69, 9.17) is 4.74 Å². The number of hydrogen-bond donors (Lipinski definition) is 1. The second-order valence-electron chi connectivity index (χ2n) is 5.49. The minimum atomic E-state index is 0.363. The molecule has 0 aliphatic carbocycles. The summed E-state index contributed by atoms with van der Waals surface area (Å²) in [7, 11) is 1.76. The van der Waals surface area contributed by atoms with Crippen molar-refractivity contribution in [2.24, 2.45) is 10.9 Å². The van der Waals surface area contributed by atoms with Crippen LogP contribution in [0.15, 0.2) is 17.3 Å². The van der Waals surface area contributed by atoms with E-state index in [0.29, 0.717) is 12.2 Å². The van der Waals surface area contributed by atoms with Gasteiger partial charge in [0.25, 0.3) is 0 Å². The molecule has 4 atom stereocenters. The second-order valence-corrected chi connectivity index (χ2v) is 6.58. The SMILES string of the molecule is COCCN1C([AsH2])=NC=CC1N1C[C@H]2CCN[C@H]2C1. The molecular formula is C13H23AsN4O. The first-order valence-corrected chi connectivity index (χ1v) is 8.23. The quantitative estimate of drug-likeness (QED) is 0.678. The van der Waals surface area contributed by atoms with Gasteiger partial charge in [0.15, 0.2) is 0 Å². The molecule has 0 spiro atoms. The number of aliphatic imine (C=N–C) groups is 1. The van der Waals surface area contributed by atoms with Gasteiger partial charge in [0.05, 0.1) is 0 Å². The van der Waals surface area contributed by atoms with Crippen LogP contribution in [-0.4, -0.2) is 83.4 Å². The van der Waals surface area contributed by atoms with Crippen molar-refractivity contribution in [3.8, 4) is 0 Å². The first-order valence-electron chi connectivity index (χ1n) is 7.02. The van der Waals surface area contributed by atoms with Crippen molar-refractivity contribution in [1.82, 2.24) is 15.1 Å². The molecule has 5 nitrogen and oxygen atoms in total. The zero-order valence-electron chi connectivity index (χ0n) is 11.5. The van der Waals surface area contributed by atoms with Gasteiger partial charge in [0.1, 0.15) is 0 Å². The summed E-state index contributed by atoms with van der Waals surface area (Å²) in [6.45, 7) is 5.23. The van der Waals surface area contributed by atoms with Crippen LogP contribution in [0.3, 0.4) is 0 Å². The summed E-state index contributed by atoms with van der Waals surface area (Å²) < 4.78 is 6.39. The molecule has 3 rings (SSSR count). The third kappa shape index (κ3) is 2.75. The molecule has 3 aliphatic rings. The van der Waals surface area contributed by atoms with Crippen LogP contribution in [0, 0.1) is 5.92 Å². The standard InChI is InChI=1S/C13H23AsN4O/c1-19-7-6-18-12(3-5-16-13(18)14)17-8-10-2-4-15-11(10)9-17/h3,5,10-12,15H,2,4,6-9,14H2,1H3/t10-,11+,12?/m1/s1. The molecule has 0 saturated carbocycles. The van der Waals surface area contributed by atoms with E-state index in [9.17, 15) is 0 Å². The monoisotopic (exact) mass is 326 g/mol. The van der Waals surface area contributed by atoms with Crippen molar-refractivity contribution >= 4 is 21.5 Å². The maximum absolute atomic E-state index is 5.23. The van der Waals surface area contributed by atoms with Crippen LogP contribution in [0.5, 0.6) is 0 Å². The Morgan fingerprint density at radius 1 is 1.53 bits per heavy atom. The first-order chi connectivity index (χ1) is 9.29. The molecule has 0 aromatic heterocycles. The Hall–Kier alpha value is -0.352. The van der Waals surface area contributed by atoms with E-state index in [-0.39, 0.29) is 0 Å². The summed E-state index contributed by atoms with van der Waals surface area (Å²) in [5.74, 6) is 0.836. The van der Waals surface area contributed by atoms with E-state index in [0.717, 1.165) is 30.2 Å². The molecule has 0 aromatic rings. The van der Waals surface area contributed by atoms with Crippen molar-refractivity contribution in [2.75, 3.05) is 39.9 Å². The first kappa shape index (κ1) is 13.6. The average Bonchev–Trinajstić information content (AvgIpc) is 2.97. The molecule has 0 radical (unpaired) electrons. The zero-order chi connectivity index (χ0) is 13.2. The van der Waals surface area contributed by atoms with Crippen molar-refractivity contribution < 1.29 is 4.74 Å². The summed E-state index contributed by atoms with van der Waals surface area (Å²) >= 11 is 1.59. The van der Waals surface area contributed by atoms with E-state index in [1.54, 1.807) is 24.0 Å². The summed E-state index contributed by atoms with van der Waals surface area (Å²) in [4.78, 5) is 9.41. The molecule has 0 aromatic carbocycles. The molecule has 3 aliphatic heterocycles. The summed E-state index contributed by atoms with van der Waals surface area (Å²) in [5, 5.41) is 3.62. The fourth-order valence-electron chi connectivity index (χ4n) is 3.36. The van der Waals surface area contributed by atoms with E-state index < -0.39 is 0 Å². The topological polar surface area (TPSA) is 40.1 Å². The van der Waals surface area contributed by atoms with E-state index >= 15 is 0 Å². The Morgan fingerprint density at radius 2 is 2.42 bits per heavy atom. The number of nitrogens with zero attached hydrogens (tertiary/aromatic N) is 3. The van der Waals surface area contributed by atoms with Crippen LogP contribution < -0.4 is 5.32 Å². The van der Waals surface area contributed by atoms with Crippen LogP contribution in [0.2, 0.25) is 0 Å². The Bertz CT molecular complexity index is 375. The Balaban J connectivity index is 1.68. The maximum atomic E-state index is 5.23. The van der Waals surface area contributed by atoms with Crippen molar-refractivity contribution in [3.63, 3.8) is 0 Å². The third-order valence-corrected chi connectivity index (χ3v) is 5.39. The number of ether oxygens (including phenoxy) is 1. The zero-order valence-corrected chi connectivity index (χ0v) is 13.9. The van der Waals surface area contributed by atoms with Gasteiger partial charge in [-0.15, -0.1) is 0 Å². The molecule has 0 bridgehead atoms. The van der Waals surface area contributed by atoms with Crippen LogP contribution in [0.1, 0.15) is 6.42 Å². The number of methoxy groups -OCH3 is 1. The number of amidine groups is 1. The summed E-state index contributed by atoms with van der Waals surface area (Å²) in [6, 6.07) is 0.697. The fourth-order valence-corrected chi connectivity index (χ4v) is 4.14. The van der Waals surface area contributed by atoms with Gasteiger partial charge in [-0.05, 0) is 0 Å². The molecule has 3 heterocycles. The number of rotatable bonds is 4. The van der Waals surface area contributed by atoms with Crippen LogP contribution in [0.4, 0.5) is 0 Å². The number of likely N-dealkylation sites (tertiary alicyclic amines) is 1. The van der Waals surface area contributed by atoms with Gasteiger partial charge in [-0.2, -0.15) is 0 Å². The van der Waals surface area contributed by atoms with Gasteiger partial charge in [-0.25, -0.2) is 0 Å². The van der Waals surface area contributed by atoms with Crippen LogP contribution in [-0.2, 0) is 4.74 Å². The summed E-state index contributed by atoms with van der Waals surface area (Å²) in [5.41, 5.74) is 0. The van der Waals surface area contributed by atoms with Gasteiger partial charge < -0.3 is 0 Å². The molecule has 2 fully saturated rings. The molecule has 0 amide bonds. The summed E-state index contributed by atoms with van der Waals surface area (Å²) in [6.07, 6.45) is 5.88. The Kier molecular flexibility index (Phi) is 4.27. The third-order valence-electron chi connectivity index (χ3n) is 4.38. The molecule has 19 heavy (non-hydrogen) atoms. The molecule has 2 saturated heterocycles. The molecule has 2 unspecified atom stereocenters. The van der Waals surface area contributed by atoms with E-state index in [1.807, 2.05) is 6.20 Å². The van der Waals surface area contributed by atoms with E-state index in [1.165, 1.54) is 19.5 Å². The van der Waals surface area contributed by atoms with Crippen molar-refractivity contribution in [3.05, 3.63) is 12.3 Å². The minimum absolute atomic E-state index is 0.363. The predicted molar refractivity (Wildman–Crippen MR) is 79.0 cm³/mol. The molecule has 1 N–H and O–H groups in total. The van der Waals surface area contributed by atoms with Gasteiger partial charge in [0.2, 0.25) is 0 Å². The van der Waals surface area contributed by atoms with E-state index in [2.05, 4.69) is 26.2 Å². The Labute approximate surface area is 123 Å². The second kappa shape index (κ2) is 5.96. The van der Waals surface area contributed by atoms with Crippen molar-refractivity contribution in [2.45, 2.75) is 18.6 Å². The average molecular weight is 326 g/mol. The number of nitrogens with one attached hydrogen (secondary N) is 1. The molecule has 6 heteroatoms. The number of hydrogen-bond acceptors (Lipinski definition) is 5. The van der Waals surface area contributed by atoms with Gasteiger partial charge in [-0.1, -0.05) is 0 Å². The predicted octanol–water partition coefficient (Wildman–Crippen LogP) is -0.929. The number of fused-ring (bicyclic) bond motifs is 1. The van der Waals surface area contributed by atoms with Crippen molar-refractivity contribution in [1.29, 1.82) is 0 Å². The Morgan fingerprint density at radius 3 is 3.21 bits per heavy atom. The van der Waals surface area contributed by atoms with Crippen LogP contribution >= 0.6 is 0 Å². The molecule has 106 valence electrons. The normalized spacial score (nSPS) is 34.7. The molecular weight excluding hydrogens is 303 g/mol. The van der Waals surface area contributed by atoms with Gasteiger partial charge in [-0.3, -0.25) is 0 Å². The van der Waals surface area contributed by atoms with Crippen LogP contribution in [0.25, 0.3) is 0 Å². The van der Waals surface area contributed by atoms with Gasteiger partial charge in [0, 0.05) is 0 Å². The fraction of sp³-hybridized carbons (Fsp3) is 0.769.